The Morgan fingerprint density at radius 2 is 2.00 bits per heavy atom. The number of H-pyrrole nitrogens is 1. The molecular formula is C22H25N5O2. The molecule has 3 aromatic rings. The Labute approximate surface area is 170 Å². The fraction of sp³-hybridized carbons (Fsp3) is 0.318. The van der Waals surface area contributed by atoms with Gasteiger partial charge in [0.2, 0.25) is 0 Å². The zero-order chi connectivity index (χ0) is 20.1. The summed E-state index contributed by atoms with van der Waals surface area (Å²) >= 11 is 0. The van der Waals surface area contributed by atoms with Crippen molar-refractivity contribution in [2.75, 3.05) is 33.3 Å². The molecule has 3 heterocycles. The number of carbonyl (C=O) groups is 1. The number of methoxy groups -OCH3 is 1. The molecule has 0 aliphatic carbocycles. The molecule has 1 N–H and O–H groups in total. The maximum absolute atomic E-state index is 12.9. The molecule has 1 saturated heterocycles. The number of rotatable bonds is 5. The van der Waals surface area contributed by atoms with Crippen LogP contribution in [-0.4, -0.2) is 64.2 Å². The van der Waals surface area contributed by atoms with E-state index in [9.17, 15) is 4.79 Å². The number of pyridine rings is 1. The normalized spacial score (nSPS) is 15.1. The molecule has 0 atom stereocenters. The molecule has 0 bridgehead atoms. The molecule has 7 nitrogen and oxygen atoms in total. The van der Waals surface area contributed by atoms with Crippen LogP contribution in [0.5, 0.6) is 5.75 Å². The lowest BCUT2D eigenvalue weighted by Crippen LogP contribution is -2.35. The van der Waals surface area contributed by atoms with Crippen LogP contribution in [0.25, 0.3) is 11.4 Å². The van der Waals surface area contributed by atoms with Gasteiger partial charge in [0.05, 0.1) is 12.8 Å². The number of hydrogen-bond acceptors (Lipinski definition) is 5. The minimum Gasteiger partial charge on any atom is -0.497 e. The summed E-state index contributed by atoms with van der Waals surface area (Å²) in [6.07, 6.45) is 2.66. The molecule has 0 unspecified atom stereocenters. The Bertz CT molecular complexity index is 957. The van der Waals surface area contributed by atoms with Crippen molar-refractivity contribution in [1.29, 1.82) is 0 Å². The first-order chi connectivity index (χ1) is 14.2. The predicted molar refractivity (Wildman–Crippen MR) is 111 cm³/mol. The molecule has 1 fully saturated rings. The third-order valence-electron chi connectivity index (χ3n) is 5.15. The van der Waals surface area contributed by atoms with Gasteiger partial charge in [0, 0.05) is 38.9 Å². The van der Waals surface area contributed by atoms with Gasteiger partial charge in [0.15, 0.2) is 0 Å². The van der Waals surface area contributed by atoms with Crippen molar-refractivity contribution in [3.05, 3.63) is 66.0 Å². The highest BCUT2D eigenvalue weighted by Gasteiger charge is 2.22. The second-order valence-electron chi connectivity index (χ2n) is 7.16. The number of amides is 1. The first kappa shape index (κ1) is 19.1. The zero-order valence-corrected chi connectivity index (χ0v) is 16.5. The van der Waals surface area contributed by atoms with E-state index < -0.39 is 0 Å². The standard InChI is InChI=1S/C22H25N5O2/c1-29-18-7-4-6-17(14-18)16-26-10-5-11-27(13-12-26)22(28)21-15-20(24-25-21)19-8-2-3-9-23-19/h2-4,6-9,14-15H,5,10-13,16H2,1H3,(H,24,25). The highest BCUT2D eigenvalue weighted by molar-refractivity contribution is 5.93. The van der Waals surface area contributed by atoms with Crippen LogP contribution in [0, 0.1) is 0 Å². The number of aromatic nitrogens is 3. The smallest absolute Gasteiger partial charge is 0.271 e. The number of hydrogen-bond donors (Lipinski definition) is 1. The Morgan fingerprint density at radius 3 is 2.83 bits per heavy atom. The fourth-order valence-electron chi connectivity index (χ4n) is 3.61. The van der Waals surface area contributed by atoms with Gasteiger partial charge in [-0.05, 0) is 42.3 Å². The number of benzene rings is 1. The van der Waals surface area contributed by atoms with E-state index in [0.717, 1.165) is 44.0 Å². The molecule has 1 aliphatic heterocycles. The third kappa shape index (κ3) is 4.63. The van der Waals surface area contributed by atoms with Gasteiger partial charge in [-0.2, -0.15) is 5.10 Å². The van der Waals surface area contributed by atoms with Gasteiger partial charge in [-0.15, -0.1) is 0 Å². The Kier molecular flexibility index (Phi) is 5.86. The minimum absolute atomic E-state index is 0.0112. The van der Waals surface area contributed by atoms with Crippen LogP contribution in [0.4, 0.5) is 0 Å². The quantitative estimate of drug-likeness (QED) is 0.724. The van der Waals surface area contributed by atoms with Gasteiger partial charge in [-0.25, -0.2) is 0 Å². The number of nitrogens with one attached hydrogen (secondary N) is 1. The van der Waals surface area contributed by atoms with Gasteiger partial charge in [0.1, 0.15) is 17.1 Å². The summed E-state index contributed by atoms with van der Waals surface area (Å²) in [7, 11) is 1.68. The van der Waals surface area contributed by atoms with E-state index >= 15 is 0 Å². The molecule has 0 spiro atoms. The second-order valence-corrected chi connectivity index (χ2v) is 7.16. The van der Waals surface area contributed by atoms with Crippen molar-refractivity contribution < 1.29 is 9.53 Å². The average molecular weight is 391 g/mol. The minimum atomic E-state index is -0.0112. The van der Waals surface area contributed by atoms with E-state index in [2.05, 4.69) is 32.2 Å². The van der Waals surface area contributed by atoms with Crippen LogP contribution in [-0.2, 0) is 6.54 Å². The molecule has 29 heavy (non-hydrogen) atoms. The lowest BCUT2D eigenvalue weighted by Gasteiger charge is -2.21. The fourth-order valence-corrected chi connectivity index (χ4v) is 3.61. The number of nitrogens with zero attached hydrogens (tertiary/aromatic N) is 4. The van der Waals surface area contributed by atoms with Crippen molar-refractivity contribution in [3.8, 4) is 17.1 Å². The van der Waals surface area contributed by atoms with Gasteiger partial charge in [-0.3, -0.25) is 19.8 Å². The van der Waals surface area contributed by atoms with Crippen LogP contribution in [0.15, 0.2) is 54.7 Å². The predicted octanol–water partition coefficient (Wildman–Crippen LogP) is 2.83. The number of aromatic amines is 1. The van der Waals surface area contributed by atoms with Crippen LogP contribution in [0.2, 0.25) is 0 Å². The van der Waals surface area contributed by atoms with E-state index in [1.54, 1.807) is 19.4 Å². The van der Waals surface area contributed by atoms with Crippen LogP contribution in [0.1, 0.15) is 22.5 Å². The van der Waals surface area contributed by atoms with Gasteiger partial charge >= 0.3 is 0 Å². The first-order valence-electron chi connectivity index (χ1n) is 9.84. The molecule has 1 amide bonds. The van der Waals surface area contributed by atoms with E-state index in [-0.39, 0.29) is 5.91 Å². The van der Waals surface area contributed by atoms with E-state index in [1.165, 1.54) is 5.56 Å². The number of ether oxygens (including phenoxy) is 1. The average Bonchev–Trinajstić information content (AvgIpc) is 3.15. The molecule has 0 radical (unpaired) electrons. The SMILES string of the molecule is COc1cccc(CN2CCCN(C(=O)c3cc(-c4ccccn4)n[nH]3)CC2)c1. The monoisotopic (exact) mass is 391 g/mol. The highest BCUT2D eigenvalue weighted by Crippen LogP contribution is 2.18. The molecule has 4 rings (SSSR count). The van der Waals surface area contributed by atoms with Crippen molar-refractivity contribution in [3.63, 3.8) is 0 Å². The zero-order valence-electron chi connectivity index (χ0n) is 16.5. The van der Waals surface area contributed by atoms with E-state index in [4.69, 9.17) is 4.74 Å². The van der Waals surface area contributed by atoms with Crippen molar-refractivity contribution in [2.24, 2.45) is 0 Å². The lowest BCUT2D eigenvalue weighted by atomic mass is 10.2. The van der Waals surface area contributed by atoms with Crippen molar-refractivity contribution in [2.45, 2.75) is 13.0 Å². The van der Waals surface area contributed by atoms with Crippen LogP contribution in [0.3, 0.4) is 0 Å². The maximum atomic E-state index is 12.9. The highest BCUT2D eigenvalue weighted by atomic mass is 16.5. The first-order valence-corrected chi connectivity index (χ1v) is 9.84. The second kappa shape index (κ2) is 8.87. The largest absolute Gasteiger partial charge is 0.497 e. The molecule has 150 valence electrons. The summed E-state index contributed by atoms with van der Waals surface area (Å²) in [6.45, 7) is 4.09. The molecule has 2 aromatic heterocycles. The van der Waals surface area contributed by atoms with Crippen LogP contribution >= 0.6 is 0 Å². The van der Waals surface area contributed by atoms with Crippen molar-refractivity contribution in [1.82, 2.24) is 25.0 Å². The van der Waals surface area contributed by atoms with Gasteiger partial charge in [0.25, 0.3) is 5.91 Å². The topological polar surface area (TPSA) is 74.3 Å². The van der Waals surface area contributed by atoms with Crippen molar-refractivity contribution >= 4 is 5.91 Å². The van der Waals surface area contributed by atoms with E-state index in [0.29, 0.717) is 17.9 Å². The molecule has 1 aliphatic rings. The molecule has 1 aromatic carbocycles. The third-order valence-corrected chi connectivity index (χ3v) is 5.15. The summed E-state index contributed by atoms with van der Waals surface area (Å²) in [5.41, 5.74) is 3.16. The summed E-state index contributed by atoms with van der Waals surface area (Å²) in [6, 6.07) is 15.6. The van der Waals surface area contributed by atoms with E-state index in [1.807, 2.05) is 35.2 Å². The molecule has 7 heteroatoms. The van der Waals surface area contributed by atoms with Crippen LogP contribution < -0.4 is 4.74 Å². The summed E-state index contributed by atoms with van der Waals surface area (Å²) in [5.74, 6) is 0.861. The molecule has 0 saturated carbocycles. The lowest BCUT2D eigenvalue weighted by molar-refractivity contribution is 0.0755. The Morgan fingerprint density at radius 1 is 1.07 bits per heavy atom. The van der Waals surface area contributed by atoms with Gasteiger partial charge < -0.3 is 9.64 Å². The number of carbonyl (C=O) groups excluding carboxylic acids is 1. The Hall–Kier alpha value is -3.19. The Balaban J connectivity index is 1.38. The summed E-state index contributed by atoms with van der Waals surface area (Å²) in [4.78, 5) is 21.5. The maximum Gasteiger partial charge on any atom is 0.271 e. The summed E-state index contributed by atoms with van der Waals surface area (Å²) < 4.78 is 5.31. The summed E-state index contributed by atoms with van der Waals surface area (Å²) in [5, 5.41) is 7.13. The molecular weight excluding hydrogens is 366 g/mol. The van der Waals surface area contributed by atoms with Gasteiger partial charge in [-0.1, -0.05) is 18.2 Å².